The lowest BCUT2D eigenvalue weighted by Gasteiger charge is -2.06. The summed E-state index contributed by atoms with van der Waals surface area (Å²) in [6, 6.07) is 5.11. The molecule has 2 rings (SSSR count). The minimum absolute atomic E-state index is 0.214. The molecule has 0 aliphatic heterocycles. The Morgan fingerprint density at radius 1 is 1.29 bits per heavy atom. The van der Waals surface area contributed by atoms with E-state index in [0.29, 0.717) is 11.3 Å². The van der Waals surface area contributed by atoms with Crippen molar-refractivity contribution in [3.8, 4) is 5.69 Å². The third-order valence-electron chi connectivity index (χ3n) is 2.42. The molecule has 88 valence electrons. The summed E-state index contributed by atoms with van der Waals surface area (Å²) in [4.78, 5) is 23.2. The molecule has 0 unspecified atom stereocenters. The van der Waals surface area contributed by atoms with Crippen LogP contribution in [0, 0.1) is 6.92 Å². The normalized spacial score (nSPS) is 10.4. The van der Waals surface area contributed by atoms with Crippen LogP contribution in [0.25, 0.3) is 5.69 Å². The molecule has 2 aromatic rings. The molecule has 0 bridgehead atoms. The lowest BCUT2D eigenvalue weighted by Crippen LogP contribution is -2.25. The van der Waals surface area contributed by atoms with Gasteiger partial charge in [-0.05, 0) is 18.6 Å². The van der Waals surface area contributed by atoms with Crippen molar-refractivity contribution in [3.05, 3.63) is 50.3 Å². The maximum absolute atomic E-state index is 11.5. The lowest BCUT2D eigenvalue weighted by atomic mass is 10.1. The molecule has 1 aromatic carbocycles. The van der Waals surface area contributed by atoms with Gasteiger partial charge in [0.1, 0.15) is 4.99 Å². The summed E-state index contributed by atoms with van der Waals surface area (Å²) in [6.45, 7) is 1.79. The summed E-state index contributed by atoms with van der Waals surface area (Å²) in [5.41, 5.74) is 6.29. The van der Waals surface area contributed by atoms with E-state index in [9.17, 15) is 9.59 Å². The van der Waals surface area contributed by atoms with E-state index in [-0.39, 0.29) is 4.99 Å². The van der Waals surface area contributed by atoms with Crippen molar-refractivity contribution in [2.75, 3.05) is 0 Å². The summed E-state index contributed by atoms with van der Waals surface area (Å²) in [5, 5.41) is 4.43. The van der Waals surface area contributed by atoms with Gasteiger partial charge in [0.2, 0.25) is 0 Å². The molecule has 7 heteroatoms. The Labute approximate surface area is 101 Å². The summed E-state index contributed by atoms with van der Waals surface area (Å²) in [7, 11) is 0. The minimum atomic E-state index is -0.529. The number of nitrogens with two attached hydrogens (primary N) is 1. The molecule has 0 fully saturated rings. The largest absolute Gasteiger partial charge is 0.389 e. The van der Waals surface area contributed by atoms with E-state index in [1.807, 2.05) is 0 Å². The molecule has 0 aliphatic carbocycles. The second-order valence-electron chi connectivity index (χ2n) is 3.56. The van der Waals surface area contributed by atoms with Crippen molar-refractivity contribution in [2.24, 2.45) is 5.73 Å². The Balaban J connectivity index is 2.75. The van der Waals surface area contributed by atoms with Crippen molar-refractivity contribution < 1.29 is 0 Å². The van der Waals surface area contributed by atoms with Crippen molar-refractivity contribution in [1.82, 2.24) is 14.8 Å². The highest BCUT2D eigenvalue weighted by atomic mass is 32.1. The Morgan fingerprint density at radius 2 is 1.88 bits per heavy atom. The molecule has 0 aliphatic rings. The summed E-state index contributed by atoms with van der Waals surface area (Å²) in [5.74, 6) is 0. The average molecular weight is 250 g/mol. The van der Waals surface area contributed by atoms with E-state index >= 15 is 0 Å². The molecule has 1 aromatic heterocycles. The van der Waals surface area contributed by atoms with Gasteiger partial charge >= 0.3 is 11.4 Å². The van der Waals surface area contributed by atoms with E-state index < -0.39 is 11.4 Å². The molecule has 1 heterocycles. The van der Waals surface area contributed by atoms with Gasteiger partial charge in [0.05, 0.1) is 5.69 Å². The van der Waals surface area contributed by atoms with Crippen LogP contribution >= 0.6 is 12.2 Å². The van der Waals surface area contributed by atoms with Gasteiger partial charge in [-0.1, -0.05) is 24.4 Å². The number of hydrogen-bond donors (Lipinski definition) is 3. The molecule has 0 saturated heterocycles. The van der Waals surface area contributed by atoms with Crippen LogP contribution in [0.15, 0.2) is 27.8 Å². The number of hydrogen-bond acceptors (Lipinski definition) is 3. The smallest absolute Gasteiger partial charge is 0.348 e. The van der Waals surface area contributed by atoms with E-state index in [4.69, 9.17) is 18.0 Å². The fourth-order valence-electron chi connectivity index (χ4n) is 1.53. The maximum Gasteiger partial charge on any atom is 0.348 e. The zero-order valence-corrected chi connectivity index (χ0v) is 9.80. The zero-order valence-electron chi connectivity index (χ0n) is 8.98. The van der Waals surface area contributed by atoms with Gasteiger partial charge in [-0.3, -0.25) is 0 Å². The fourth-order valence-corrected chi connectivity index (χ4v) is 1.66. The SMILES string of the molecule is Cc1ccc(C(N)=S)cc1-n1c(=O)[nH][nH]c1=O. The van der Waals surface area contributed by atoms with Crippen molar-refractivity contribution in [3.63, 3.8) is 0 Å². The van der Waals surface area contributed by atoms with E-state index in [1.54, 1.807) is 25.1 Å². The Bertz CT molecular complexity index is 667. The summed E-state index contributed by atoms with van der Waals surface area (Å²) in [6.07, 6.45) is 0. The topological polar surface area (TPSA) is 96.7 Å². The third-order valence-corrected chi connectivity index (χ3v) is 2.65. The number of nitrogens with one attached hydrogen (secondary N) is 2. The van der Waals surface area contributed by atoms with Crippen LogP contribution in [-0.2, 0) is 0 Å². The van der Waals surface area contributed by atoms with Crippen LogP contribution < -0.4 is 17.1 Å². The molecule has 0 amide bonds. The van der Waals surface area contributed by atoms with E-state index in [0.717, 1.165) is 10.1 Å². The van der Waals surface area contributed by atoms with E-state index in [1.165, 1.54) is 0 Å². The highest BCUT2D eigenvalue weighted by Crippen LogP contribution is 2.13. The quantitative estimate of drug-likeness (QED) is 0.643. The first-order valence-corrected chi connectivity index (χ1v) is 5.22. The number of nitrogens with zero attached hydrogens (tertiary/aromatic N) is 1. The Hall–Kier alpha value is -2.15. The first-order chi connectivity index (χ1) is 8.00. The van der Waals surface area contributed by atoms with Gasteiger partial charge in [-0.2, -0.15) is 0 Å². The van der Waals surface area contributed by atoms with Crippen LogP contribution in [0.1, 0.15) is 11.1 Å². The lowest BCUT2D eigenvalue weighted by molar-refractivity contribution is 0.940. The molecule has 6 nitrogen and oxygen atoms in total. The Kier molecular flexibility index (Phi) is 2.68. The number of H-pyrrole nitrogens is 2. The van der Waals surface area contributed by atoms with Crippen molar-refractivity contribution in [1.29, 1.82) is 0 Å². The molecule has 0 saturated carbocycles. The van der Waals surface area contributed by atoms with Gasteiger partial charge in [-0.15, -0.1) is 0 Å². The monoisotopic (exact) mass is 250 g/mol. The van der Waals surface area contributed by atoms with E-state index in [2.05, 4.69) is 10.2 Å². The first kappa shape index (κ1) is 11.3. The molecule has 0 atom stereocenters. The predicted molar refractivity (Wildman–Crippen MR) is 67.6 cm³/mol. The first-order valence-electron chi connectivity index (χ1n) is 4.81. The number of thiocarbonyl (C=S) groups is 1. The van der Waals surface area contributed by atoms with Gasteiger partial charge < -0.3 is 5.73 Å². The maximum atomic E-state index is 11.5. The third kappa shape index (κ3) is 1.92. The molecule has 0 spiro atoms. The molecular weight excluding hydrogens is 240 g/mol. The van der Waals surface area contributed by atoms with Crippen LogP contribution in [0.4, 0.5) is 0 Å². The minimum Gasteiger partial charge on any atom is -0.389 e. The molecular formula is C10H10N4O2S. The van der Waals surface area contributed by atoms with Crippen molar-refractivity contribution >= 4 is 17.2 Å². The summed E-state index contributed by atoms with van der Waals surface area (Å²) < 4.78 is 0.997. The standard InChI is InChI=1S/C10H10N4O2S/c1-5-2-3-6(8(11)17)4-7(5)14-9(15)12-13-10(14)16/h2-4H,1H3,(H2,11,17)(H,12,15)(H,13,16). The van der Waals surface area contributed by atoms with Gasteiger partial charge in [0, 0.05) is 5.56 Å². The molecule has 4 N–H and O–H groups in total. The van der Waals surface area contributed by atoms with Crippen LogP contribution in [0.3, 0.4) is 0 Å². The van der Waals surface area contributed by atoms with Crippen LogP contribution in [0.2, 0.25) is 0 Å². The second kappa shape index (κ2) is 4.02. The van der Waals surface area contributed by atoms with Crippen LogP contribution in [-0.4, -0.2) is 19.8 Å². The molecule has 0 radical (unpaired) electrons. The fraction of sp³-hybridized carbons (Fsp3) is 0.100. The highest BCUT2D eigenvalue weighted by molar-refractivity contribution is 7.80. The summed E-state index contributed by atoms with van der Waals surface area (Å²) >= 11 is 4.86. The van der Waals surface area contributed by atoms with Gasteiger partial charge in [0.15, 0.2) is 0 Å². The Morgan fingerprint density at radius 3 is 2.41 bits per heavy atom. The number of rotatable bonds is 2. The number of aromatic amines is 2. The van der Waals surface area contributed by atoms with Crippen molar-refractivity contribution in [2.45, 2.75) is 6.92 Å². The highest BCUT2D eigenvalue weighted by Gasteiger charge is 2.10. The zero-order chi connectivity index (χ0) is 12.6. The second-order valence-corrected chi connectivity index (χ2v) is 4.00. The number of aryl methyl sites for hydroxylation is 1. The predicted octanol–water partition coefficient (Wildman–Crippen LogP) is -0.203. The van der Waals surface area contributed by atoms with Crippen LogP contribution in [0.5, 0.6) is 0 Å². The average Bonchev–Trinajstić information content (AvgIpc) is 2.59. The van der Waals surface area contributed by atoms with Gasteiger partial charge in [0.25, 0.3) is 0 Å². The molecule has 17 heavy (non-hydrogen) atoms. The number of benzene rings is 1. The number of aromatic nitrogens is 3. The van der Waals surface area contributed by atoms with Gasteiger partial charge in [-0.25, -0.2) is 24.4 Å².